The summed E-state index contributed by atoms with van der Waals surface area (Å²) in [7, 11) is 0. The molecule has 104 valence electrons. The van der Waals surface area contributed by atoms with Gasteiger partial charge < -0.3 is 10.5 Å². The minimum atomic E-state index is 0.0355. The molecule has 0 fully saturated rings. The van der Waals surface area contributed by atoms with Crippen molar-refractivity contribution >= 4 is 17.0 Å². The van der Waals surface area contributed by atoms with Crippen LogP contribution in [-0.4, -0.2) is 4.98 Å². The Morgan fingerprint density at radius 3 is 2.75 bits per heavy atom. The lowest BCUT2D eigenvalue weighted by molar-refractivity contribution is 0.304. The summed E-state index contributed by atoms with van der Waals surface area (Å²) in [5.41, 5.74) is 7.73. The van der Waals surface area contributed by atoms with E-state index in [-0.39, 0.29) is 5.41 Å². The number of aromatic nitrogens is 1. The van der Waals surface area contributed by atoms with Crippen LogP contribution in [-0.2, 0) is 12.0 Å². The minimum absolute atomic E-state index is 0.0355. The Labute approximate surface area is 122 Å². The zero-order valence-electron chi connectivity index (χ0n) is 11.8. The van der Waals surface area contributed by atoms with Gasteiger partial charge in [0.2, 0.25) is 0 Å². The molecule has 0 spiro atoms. The highest BCUT2D eigenvalue weighted by Gasteiger charge is 2.17. The van der Waals surface area contributed by atoms with E-state index in [9.17, 15) is 0 Å². The highest BCUT2D eigenvalue weighted by atomic mass is 32.1. The molecule has 1 aromatic carbocycles. The van der Waals surface area contributed by atoms with E-state index in [4.69, 9.17) is 15.7 Å². The zero-order chi connectivity index (χ0) is 14.8. The van der Waals surface area contributed by atoms with E-state index in [0.29, 0.717) is 23.6 Å². The van der Waals surface area contributed by atoms with Crippen LogP contribution >= 0.6 is 11.3 Å². The summed E-state index contributed by atoms with van der Waals surface area (Å²) in [6.45, 7) is 6.74. The van der Waals surface area contributed by atoms with Gasteiger partial charge in [-0.1, -0.05) is 20.8 Å². The summed E-state index contributed by atoms with van der Waals surface area (Å²) in [5, 5.41) is 12.0. The molecule has 0 aliphatic carbocycles. The predicted octanol–water partition coefficient (Wildman–Crippen LogP) is 3.47. The van der Waals surface area contributed by atoms with Crippen molar-refractivity contribution in [3.05, 3.63) is 39.8 Å². The van der Waals surface area contributed by atoms with Gasteiger partial charge in [0.05, 0.1) is 11.3 Å². The number of thiazole rings is 1. The molecule has 0 bridgehead atoms. The molecule has 0 aliphatic rings. The van der Waals surface area contributed by atoms with Gasteiger partial charge in [-0.2, -0.15) is 5.26 Å². The van der Waals surface area contributed by atoms with Gasteiger partial charge in [0.1, 0.15) is 23.4 Å². The van der Waals surface area contributed by atoms with Gasteiger partial charge in [-0.25, -0.2) is 4.98 Å². The number of nitrogens with zero attached hydrogens (tertiary/aromatic N) is 2. The average Bonchev–Trinajstić information content (AvgIpc) is 2.86. The first-order valence-electron chi connectivity index (χ1n) is 6.27. The fourth-order valence-electron chi connectivity index (χ4n) is 1.62. The predicted molar refractivity (Wildman–Crippen MR) is 80.7 cm³/mol. The van der Waals surface area contributed by atoms with E-state index in [1.165, 1.54) is 0 Å². The van der Waals surface area contributed by atoms with Gasteiger partial charge in [-0.3, -0.25) is 0 Å². The first-order chi connectivity index (χ1) is 9.40. The second-order valence-corrected chi connectivity index (χ2v) is 6.48. The first kappa shape index (κ1) is 14.4. The molecule has 0 aliphatic heterocycles. The molecule has 1 aromatic heterocycles. The summed E-state index contributed by atoms with van der Waals surface area (Å²) in [6.07, 6.45) is 0. The van der Waals surface area contributed by atoms with E-state index in [0.717, 1.165) is 10.7 Å². The third-order valence-electron chi connectivity index (χ3n) is 2.80. The zero-order valence-corrected chi connectivity index (χ0v) is 12.6. The number of nitrogens with two attached hydrogens (primary N) is 1. The highest BCUT2D eigenvalue weighted by Crippen LogP contribution is 2.26. The SMILES string of the molecule is CC(C)(C)c1csc(COc2ccc(N)cc2C#N)n1. The molecule has 4 nitrogen and oxygen atoms in total. The van der Waals surface area contributed by atoms with Crippen LogP contribution in [0.3, 0.4) is 0 Å². The van der Waals surface area contributed by atoms with Gasteiger partial charge in [-0.05, 0) is 18.2 Å². The lowest BCUT2D eigenvalue weighted by atomic mass is 9.93. The van der Waals surface area contributed by atoms with Crippen molar-refractivity contribution in [2.45, 2.75) is 32.8 Å². The van der Waals surface area contributed by atoms with E-state index in [1.54, 1.807) is 29.5 Å². The quantitative estimate of drug-likeness (QED) is 0.877. The molecule has 0 radical (unpaired) electrons. The van der Waals surface area contributed by atoms with Crippen LogP contribution in [0, 0.1) is 11.3 Å². The number of hydrogen-bond acceptors (Lipinski definition) is 5. The Balaban J connectivity index is 2.10. The number of anilines is 1. The van der Waals surface area contributed by atoms with Crippen molar-refractivity contribution in [1.82, 2.24) is 4.98 Å². The van der Waals surface area contributed by atoms with Gasteiger partial charge in [0, 0.05) is 16.5 Å². The second kappa shape index (κ2) is 5.51. The standard InChI is InChI=1S/C15H17N3OS/c1-15(2,3)13-9-20-14(18-13)8-19-12-5-4-11(17)6-10(12)7-16/h4-6,9H,8,17H2,1-3H3. The van der Waals surface area contributed by atoms with Crippen molar-refractivity contribution in [3.8, 4) is 11.8 Å². The fraction of sp³-hybridized carbons (Fsp3) is 0.333. The lowest BCUT2D eigenvalue weighted by Gasteiger charge is -2.14. The Morgan fingerprint density at radius 1 is 1.40 bits per heavy atom. The molecule has 0 unspecified atom stereocenters. The summed E-state index contributed by atoms with van der Waals surface area (Å²) >= 11 is 1.57. The van der Waals surface area contributed by atoms with Crippen molar-refractivity contribution < 1.29 is 4.74 Å². The Morgan fingerprint density at radius 2 is 2.15 bits per heavy atom. The summed E-state index contributed by atoms with van der Waals surface area (Å²) in [5.74, 6) is 0.536. The van der Waals surface area contributed by atoms with Crippen LogP contribution in [0.15, 0.2) is 23.6 Å². The van der Waals surface area contributed by atoms with Gasteiger partial charge in [-0.15, -0.1) is 11.3 Å². The highest BCUT2D eigenvalue weighted by molar-refractivity contribution is 7.09. The number of rotatable bonds is 3. The number of benzene rings is 1. The van der Waals surface area contributed by atoms with Crippen molar-refractivity contribution in [2.75, 3.05) is 5.73 Å². The number of nitrogen functional groups attached to an aromatic ring is 1. The van der Waals surface area contributed by atoms with E-state index in [2.05, 4.69) is 31.8 Å². The lowest BCUT2D eigenvalue weighted by Crippen LogP contribution is -2.11. The van der Waals surface area contributed by atoms with Crippen LogP contribution in [0.5, 0.6) is 5.75 Å². The van der Waals surface area contributed by atoms with Crippen molar-refractivity contribution in [3.63, 3.8) is 0 Å². The molecule has 2 N–H and O–H groups in total. The first-order valence-corrected chi connectivity index (χ1v) is 7.15. The molecule has 0 amide bonds. The van der Waals surface area contributed by atoms with Crippen LogP contribution in [0.4, 0.5) is 5.69 Å². The molecule has 20 heavy (non-hydrogen) atoms. The normalized spacial score (nSPS) is 11.1. The molecular weight excluding hydrogens is 270 g/mol. The third-order valence-corrected chi connectivity index (χ3v) is 3.62. The van der Waals surface area contributed by atoms with Crippen molar-refractivity contribution in [1.29, 1.82) is 5.26 Å². The largest absolute Gasteiger partial charge is 0.485 e. The Hall–Kier alpha value is -2.06. The van der Waals surface area contributed by atoms with Crippen LogP contribution in [0.2, 0.25) is 0 Å². The fourth-order valence-corrected chi connectivity index (χ4v) is 2.55. The third kappa shape index (κ3) is 3.28. The van der Waals surface area contributed by atoms with E-state index >= 15 is 0 Å². The maximum absolute atomic E-state index is 9.05. The smallest absolute Gasteiger partial charge is 0.140 e. The summed E-state index contributed by atoms with van der Waals surface area (Å²) in [6, 6.07) is 7.12. The number of hydrogen-bond donors (Lipinski definition) is 1. The average molecular weight is 287 g/mol. The van der Waals surface area contributed by atoms with Crippen LogP contribution in [0.25, 0.3) is 0 Å². The molecule has 2 aromatic rings. The Kier molecular flexibility index (Phi) is 3.96. The number of ether oxygens (including phenoxy) is 1. The van der Waals surface area contributed by atoms with Crippen LogP contribution in [0.1, 0.15) is 37.0 Å². The topological polar surface area (TPSA) is 71.9 Å². The second-order valence-electron chi connectivity index (χ2n) is 5.53. The summed E-state index contributed by atoms with van der Waals surface area (Å²) in [4.78, 5) is 4.56. The molecular formula is C15H17N3OS. The molecule has 5 heteroatoms. The van der Waals surface area contributed by atoms with Gasteiger partial charge >= 0.3 is 0 Å². The van der Waals surface area contributed by atoms with Gasteiger partial charge in [0.25, 0.3) is 0 Å². The summed E-state index contributed by atoms with van der Waals surface area (Å²) < 4.78 is 5.66. The monoisotopic (exact) mass is 287 g/mol. The number of nitriles is 1. The molecule has 0 saturated carbocycles. The maximum atomic E-state index is 9.05. The van der Waals surface area contributed by atoms with E-state index < -0.39 is 0 Å². The van der Waals surface area contributed by atoms with Crippen molar-refractivity contribution in [2.24, 2.45) is 0 Å². The molecule has 2 rings (SSSR count). The van der Waals surface area contributed by atoms with Crippen LogP contribution < -0.4 is 10.5 Å². The molecule has 0 atom stereocenters. The molecule has 1 heterocycles. The minimum Gasteiger partial charge on any atom is -0.485 e. The van der Waals surface area contributed by atoms with Gasteiger partial charge in [0.15, 0.2) is 0 Å². The molecule has 0 saturated heterocycles. The van der Waals surface area contributed by atoms with E-state index in [1.807, 2.05) is 5.38 Å². The Bertz CT molecular complexity index is 650. The maximum Gasteiger partial charge on any atom is 0.140 e.